The van der Waals surface area contributed by atoms with E-state index < -0.39 is 21.1 Å². The van der Waals surface area contributed by atoms with Crippen molar-refractivity contribution in [2.45, 2.75) is 11.8 Å². The van der Waals surface area contributed by atoms with Crippen molar-refractivity contribution in [3.63, 3.8) is 0 Å². The van der Waals surface area contributed by atoms with Crippen LogP contribution in [0.3, 0.4) is 0 Å². The lowest BCUT2D eigenvalue weighted by Gasteiger charge is -2.40. The van der Waals surface area contributed by atoms with Crippen molar-refractivity contribution in [1.82, 2.24) is 15.0 Å². The standard InChI is InChI=1S/C11H10F5N3O2S/c1-7-10(11(20)21-2)17-18-19(7)8-3-5-9(6-4-8)22(12,13,14,15)16/h3-6H,1-2H3. The molecule has 2 rings (SSSR count). The molecule has 1 aromatic heterocycles. The summed E-state index contributed by atoms with van der Waals surface area (Å²) in [5, 5.41) is 7.12. The molecule has 1 aromatic carbocycles. The molecule has 0 aliphatic heterocycles. The predicted octanol–water partition coefficient (Wildman–Crippen LogP) is 4.02. The Bertz CT molecular complexity index is 740. The summed E-state index contributed by atoms with van der Waals surface area (Å²) in [6.07, 6.45) is 0. The molecular formula is C11H10F5N3O2S. The van der Waals surface area contributed by atoms with Crippen LogP contribution < -0.4 is 0 Å². The van der Waals surface area contributed by atoms with E-state index in [1.165, 1.54) is 6.92 Å². The topological polar surface area (TPSA) is 57.0 Å². The molecule has 0 radical (unpaired) electrons. The fourth-order valence-electron chi connectivity index (χ4n) is 1.70. The fourth-order valence-corrected chi connectivity index (χ4v) is 2.35. The lowest BCUT2D eigenvalue weighted by atomic mass is 10.3. The zero-order valence-electron chi connectivity index (χ0n) is 11.3. The maximum Gasteiger partial charge on any atom is 0.360 e. The van der Waals surface area contributed by atoms with Gasteiger partial charge >= 0.3 is 16.2 Å². The molecule has 122 valence electrons. The van der Waals surface area contributed by atoms with Crippen LogP contribution in [0.15, 0.2) is 29.2 Å². The first-order valence-electron chi connectivity index (χ1n) is 5.68. The number of methoxy groups -OCH3 is 1. The SMILES string of the molecule is COC(=O)c1nnn(-c2ccc(S(F)(F)(F)(F)F)cc2)c1C. The van der Waals surface area contributed by atoms with Gasteiger partial charge in [-0.2, -0.15) is 0 Å². The Morgan fingerprint density at radius 3 is 2.14 bits per heavy atom. The normalized spacial score (nSPS) is 15.0. The number of halogens is 5. The van der Waals surface area contributed by atoms with Gasteiger partial charge in [0.2, 0.25) is 0 Å². The number of hydrogen-bond donors (Lipinski definition) is 0. The van der Waals surface area contributed by atoms with Crippen LogP contribution >= 0.6 is 10.2 Å². The van der Waals surface area contributed by atoms with E-state index in [0.29, 0.717) is 0 Å². The van der Waals surface area contributed by atoms with E-state index in [-0.39, 0.29) is 29.2 Å². The van der Waals surface area contributed by atoms with E-state index in [4.69, 9.17) is 0 Å². The van der Waals surface area contributed by atoms with Crippen LogP contribution in [0.1, 0.15) is 16.2 Å². The smallest absolute Gasteiger partial charge is 0.360 e. The molecule has 0 bridgehead atoms. The fraction of sp³-hybridized carbons (Fsp3) is 0.182. The number of rotatable bonds is 3. The Morgan fingerprint density at radius 2 is 1.68 bits per heavy atom. The average molecular weight is 343 g/mol. The molecule has 0 N–H and O–H groups in total. The van der Waals surface area contributed by atoms with E-state index >= 15 is 0 Å². The van der Waals surface area contributed by atoms with Crippen LogP contribution in [0.5, 0.6) is 0 Å². The van der Waals surface area contributed by atoms with Crippen molar-refractivity contribution in [3.05, 3.63) is 35.7 Å². The van der Waals surface area contributed by atoms with Crippen LogP contribution in [-0.2, 0) is 4.74 Å². The van der Waals surface area contributed by atoms with Crippen LogP contribution in [0.25, 0.3) is 5.69 Å². The molecule has 0 amide bonds. The third kappa shape index (κ3) is 3.03. The first-order chi connectivity index (χ1) is 9.83. The molecule has 0 aliphatic carbocycles. The van der Waals surface area contributed by atoms with Crippen LogP contribution in [0, 0.1) is 6.92 Å². The molecule has 0 saturated heterocycles. The Kier molecular flexibility index (Phi) is 3.08. The number of hydrogen-bond acceptors (Lipinski definition) is 4. The second-order valence-electron chi connectivity index (χ2n) is 4.39. The number of nitrogens with zero attached hydrogens (tertiary/aromatic N) is 3. The summed E-state index contributed by atoms with van der Waals surface area (Å²) in [7, 11) is -8.59. The molecule has 11 heteroatoms. The van der Waals surface area contributed by atoms with Gasteiger partial charge in [-0.15, -0.1) is 5.10 Å². The molecule has 1 heterocycles. The Morgan fingerprint density at radius 1 is 1.14 bits per heavy atom. The van der Waals surface area contributed by atoms with Crippen molar-refractivity contribution >= 4 is 16.2 Å². The van der Waals surface area contributed by atoms with Crippen LogP contribution in [-0.4, -0.2) is 28.1 Å². The molecule has 0 atom stereocenters. The van der Waals surface area contributed by atoms with E-state index in [0.717, 1.165) is 23.9 Å². The maximum atomic E-state index is 12.6. The molecule has 0 unspecified atom stereocenters. The van der Waals surface area contributed by atoms with Gasteiger partial charge in [0.1, 0.15) is 4.90 Å². The van der Waals surface area contributed by atoms with E-state index in [1.54, 1.807) is 0 Å². The highest BCUT2D eigenvalue weighted by Crippen LogP contribution is 3.02. The van der Waals surface area contributed by atoms with Crippen molar-refractivity contribution in [2.24, 2.45) is 0 Å². The molecule has 0 spiro atoms. The van der Waals surface area contributed by atoms with Crippen molar-refractivity contribution < 1.29 is 29.0 Å². The highest BCUT2D eigenvalue weighted by atomic mass is 32.5. The number of carbonyl (C=O) groups excluding carboxylic acids is 1. The number of carbonyl (C=O) groups is 1. The second kappa shape index (κ2) is 4.18. The summed E-state index contributed by atoms with van der Waals surface area (Å²) in [4.78, 5) is 9.36. The highest BCUT2D eigenvalue weighted by molar-refractivity contribution is 8.45. The van der Waals surface area contributed by atoms with Crippen molar-refractivity contribution in [3.8, 4) is 5.69 Å². The monoisotopic (exact) mass is 343 g/mol. The van der Waals surface area contributed by atoms with Gasteiger partial charge in [-0.1, -0.05) is 24.6 Å². The zero-order valence-corrected chi connectivity index (χ0v) is 12.1. The van der Waals surface area contributed by atoms with Gasteiger partial charge in [-0.25, -0.2) is 9.48 Å². The van der Waals surface area contributed by atoms with Gasteiger partial charge in [0.05, 0.1) is 18.5 Å². The average Bonchev–Trinajstić information content (AvgIpc) is 2.77. The summed E-state index contributed by atoms with van der Waals surface area (Å²) >= 11 is 0. The second-order valence-corrected chi connectivity index (χ2v) is 6.80. The van der Waals surface area contributed by atoms with Gasteiger partial charge in [0, 0.05) is 0 Å². The zero-order chi connectivity index (χ0) is 16.8. The first kappa shape index (κ1) is 16.2. The summed E-state index contributed by atoms with van der Waals surface area (Å²) in [5.74, 6) is -0.771. The molecule has 0 saturated carbocycles. The number of esters is 1. The van der Waals surface area contributed by atoms with Gasteiger partial charge in [-0.3, -0.25) is 0 Å². The van der Waals surface area contributed by atoms with Crippen molar-refractivity contribution in [1.29, 1.82) is 0 Å². The summed E-state index contributed by atoms with van der Waals surface area (Å²) in [6.45, 7) is 1.44. The molecule has 22 heavy (non-hydrogen) atoms. The quantitative estimate of drug-likeness (QED) is 0.624. The summed E-state index contributed by atoms with van der Waals surface area (Å²) in [6, 6.07) is 2.15. The van der Waals surface area contributed by atoms with E-state index in [9.17, 15) is 24.2 Å². The minimum Gasteiger partial charge on any atom is -0.464 e. The third-order valence-corrected chi connectivity index (χ3v) is 3.96. The maximum absolute atomic E-state index is 12.6. The molecule has 0 fully saturated rings. The van der Waals surface area contributed by atoms with E-state index in [2.05, 4.69) is 15.0 Å². The van der Waals surface area contributed by atoms with E-state index in [1.807, 2.05) is 0 Å². The summed E-state index contributed by atoms with van der Waals surface area (Å²) < 4.78 is 68.6. The van der Waals surface area contributed by atoms with Gasteiger partial charge < -0.3 is 4.74 Å². The summed E-state index contributed by atoms with van der Waals surface area (Å²) in [5.41, 5.74) is 0.122. The van der Waals surface area contributed by atoms with Gasteiger partial charge in [0.25, 0.3) is 0 Å². The Labute approximate surface area is 121 Å². The minimum atomic E-state index is -9.72. The minimum absolute atomic E-state index is 0.0470. The highest BCUT2D eigenvalue weighted by Gasteiger charge is 2.65. The number of ether oxygens (including phenoxy) is 1. The first-order valence-corrected chi connectivity index (χ1v) is 7.64. The lowest BCUT2D eigenvalue weighted by molar-refractivity contribution is 0.0593. The van der Waals surface area contributed by atoms with Crippen molar-refractivity contribution in [2.75, 3.05) is 7.11 Å². The Hall–Kier alpha value is -2.17. The lowest BCUT2D eigenvalue weighted by Crippen LogP contribution is -2.07. The third-order valence-electron chi connectivity index (χ3n) is 2.80. The molecule has 5 nitrogen and oxygen atoms in total. The molecule has 0 aliphatic rings. The largest absolute Gasteiger partial charge is 0.464 e. The van der Waals surface area contributed by atoms with Crippen LogP contribution in [0.4, 0.5) is 19.4 Å². The number of benzene rings is 1. The predicted molar refractivity (Wildman–Crippen MR) is 68.8 cm³/mol. The number of aromatic nitrogens is 3. The van der Waals surface area contributed by atoms with Gasteiger partial charge in [0.15, 0.2) is 5.69 Å². The van der Waals surface area contributed by atoms with Gasteiger partial charge in [-0.05, 0) is 31.2 Å². The molecule has 2 aromatic rings. The Balaban J connectivity index is 2.46. The molecular weight excluding hydrogens is 333 g/mol. The van der Waals surface area contributed by atoms with Crippen LogP contribution in [0.2, 0.25) is 0 Å².